The minimum atomic E-state index is -0.0910. The fourth-order valence-electron chi connectivity index (χ4n) is 3.88. The summed E-state index contributed by atoms with van der Waals surface area (Å²) in [6, 6.07) is 2.02. The van der Waals surface area contributed by atoms with Gasteiger partial charge in [0.15, 0.2) is 0 Å². The largest absolute Gasteiger partial charge is 0.354 e. The average molecular weight is 337 g/mol. The maximum atomic E-state index is 12.9. The summed E-state index contributed by atoms with van der Waals surface area (Å²) in [7, 11) is 0. The number of aromatic amines is 2. The van der Waals surface area contributed by atoms with E-state index in [-0.39, 0.29) is 11.4 Å². The van der Waals surface area contributed by atoms with Crippen LogP contribution in [0.3, 0.4) is 0 Å². The number of carbonyl (C=O) groups is 1. The topological polar surface area (TPSA) is 93.8 Å². The Hall–Kier alpha value is -2.90. The zero-order chi connectivity index (χ0) is 16.9. The van der Waals surface area contributed by atoms with Crippen LogP contribution in [0, 0.1) is 0 Å². The Kier molecular flexibility index (Phi) is 3.06. The molecule has 3 aromatic heterocycles. The zero-order valence-corrected chi connectivity index (χ0v) is 13.8. The second kappa shape index (κ2) is 5.30. The van der Waals surface area contributed by atoms with E-state index in [1.165, 1.54) is 0 Å². The van der Waals surface area contributed by atoms with Crippen LogP contribution in [-0.4, -0.2) is 60.9 Å². The molecule has 2 fully saturated rings. The average Bonchev–Trinajstić information content (AvgIpc) is 3.05. The van der Waals surface area contributed by atoms with E-state index < -0.39 is 0 Å². The molecule has 1 saturated carbocycles. The van der Waals surface area contributed by atoms with E-state index in [1.54, 1.807) is 18.9 Å². The molecule has 0 aromatic carbocycles. The van der Waals surface area contributed by atoms with Crippen molar-refractivity contribution in [3.8, 4) is 0 Å². The fraction of sp³-hybridized carbons (Fsp3) is 0.412. The van der Waals surface area contributed by atoms with E-state index in [0.29, 0.717) is 5.69 Å². The van der Waals surface area contributed by atoms with Gasteiger partial charge < -0.3 is 19.8 Å². The molecule has 1 saturated heterocycles. The number of anilines is 1. The van der Waals surface area contributed by atoms with E-state index >= 15 is 0 Å². The molecule has 25 heavy (non-hydrogen) atoms. The standard InChI is InChI=1S/C17H19N7O/c25-16(13-8-18-10-20-13)24-7-1-6-23(9-17(24)3-4-17)15-12-2-5-19-14(12)21-11-22-15/h2,5,8,10-11H,1,3-4,6-7,9H2,(H,18,20)(H,19,21,22). The molecule has 1 amide bonds. The fourth-order valence-corrected chi connectivity index (χ4v) is 3.88. The molecule has 0 atom stereocenters. The first-order valence-electron chi connectivity index (χ1n) is 8.60. The summed E-state index contributed by atoms with van der Waals surface area (Å²) in [4.78, 5) is 36.1. The maximum Gasteiger partial charge on any atom is 0.272 e. The van der Waals surface area contributed by atoms with E-state index in [1.807, 2.05) is 17.2 Å². The Bertz CT molecular complexity index is 912. The summed E-state index contributed by atoms with van der Waals surface area (Å²) in [6.07, 6.45) is 9.64. The molecule has 8 nitrogen and oxygen atoms in total. The molecule has 2 N–H and O–H groups in total. The first-order chi connectivity index (χ1) is 12.3. The summed E-state index contributed by atoms with van der Waals surface area (Å²) < 4.78 is 0. The summed E-state index contributed by atoms with van der Waals surface area (Å²) >= 11 is 0. The third-order valence-electron chi connectivity index (χ3n) is 5.30. The zero-order valence-electron chi connectivity index (χ0n) is 13.8. The number of fused-ring (bicyclic) bond motifs is 1. The van der Waals surface area contributed by atoms with Gasteiger partial charge >= 0.3 is 0 Å². The second-order valence-corrected chi connectivity index (χ2v) is 6.86. The van der Waals surface area contributed by atoms with Gasteiger partial charge in [-0.3, -0.25) is 4.79 Å². The third kappa shape index (κ3) is 2.28. The lowest BCUT2D eigenvalue weighted by atomic mass is 10.2. The van der Waals surface area contributed by atoms with Crippen molar-refractivity contribution in [2.45, 2.75) is 24.8 Å². The Morgan fingerprint density at radius 2 is 2.12 bits per heavy atom. The number of aromatic nitrogens is 5. The number of nitrogens with one attached hydrogen (secondary N) is 2. The van der Waals surface area contributed by atoms with Crippen LogP contribution >= 0.6 is 0 Å². The van der Waals surface area contributed by atoms with Gasteiger partial charge in [-0.2, -0.15) is 0 Å². The lowest BCUT2D eigenvalue weighted by Gasteiger charge is -2.32. The monoisotopic (exact) mass is 337 g/mol. The molecule has 1 aliphatic carbocycles. The molecule has 4 heterocycles. The Morgan fingerprint density at radius 1 is 1.20 bits per heavy atom. The van der Waals surface area contributed by atoms with Crippen LogP contribution in [0.25, 0.3) is 11.0 Å². The Morgan fingerprint density at radius 3 is 2.92 bits per heavy atom. The van der Waals surface area contributed by atoms with Gasteiger partial charge in [0.25, 0.3) is 5.91 Å². The molecule has 8 heteroatoms. The first-order valence-corrected chi connectivity index (χ1v) is 8.60. The summed E-state index contributed by atoms with van der Waals surface area (Å²) in [5.74, 6) is 1.000. The minimum Gasteiger partial charge on any atom is -0.354 e. The number of H-pyrrole nitrogens is 2. The molecule has 3 aromatic rings. The quantitative estimate of drug-likeness (QED) is 0.740. The van der Waals surface area contributed by atoms with E-state index in [9.17, 15) is 4.79 Å². The molecule has 1 spiro atoms. The molecular formula is C17H19N7O. The second-order valence-electron chi connectivity index (χ2n) is 6.86. The van der Waals surface area contributed by atoms with Crippen molar-refractivity contribution in [3.63, 3.8) is 0 Å². The molecule has 128 valence electrons. The lowest BCUT2D eigenvalue weighted by molar-refractivity contribution is 0.0664. The van der Waals surface area contributed by atoms with Crippen LogP contribution in [0.5, 0.6) is 0 Å². The molecule has 1 aliphatic heterocycles. The van der Waals surface area contributed by atoms with Gasteiger partial charge in [0.1, 0.15) is 23.5 Å². The van der Waals surface area contributed by atoms with Crippen molar-refractivity contribution in [2.75, 3.05) is 24.5 Å². The first kappa shape index (κ1) is 14.4. The highest BCUT2D eigenvalue weighted by molar-refractivity contribution is 5.93. The van der Waals surface area contributed by atoms with Crippen molar-refractivity contribution in [1.82, 2.24) is 29.8 Å². The smallest absolute Gasteiger partial charge is 0.272 e. The van der Waals surface area contributed by atoms with Crippen molar-refractivity contribution in [1.29, 1.82) is 0 Å². The Labute approximate surface area is 144 Å². The maximum absolute atomic E-state index is 12.9. The van der Waals surface area contributed by atoms with Gasteiger partial charge in [-0.05, 0) is 25.3 Å². The van der Waals surface area contributed by atoms with Crippen LogP contribution < -0.4 is 4.90 Å². The van der Waals surface area contributed by atoms with Crippen molar-refractivity contribution in [2.24, 2.45) is 0 Å². The highest BCUT2D eigenvalue weighted by Gasteiger charge is 2.52. The van der Waals surface area contributed by atoms with Crippen LogP contribution in [0.15, 0.2) is 31.1 Å². The molecule has 2 aliphatic rings. The van der Waals surface area contributed by atoms with E-state index in [0.717, 1.165) is 55.7 Å². The van der Waals surface area contributed by atoms with Gasteiger partial charge in [0.05, 0.1) is 23.4 Å². The van der Waals surface area contributed by atoms with E-state index in [4.69, 9.17) is 0 Å². The van der Waals surface area contributed by atoms with Gasteiger partial charge in [-0.25, -0.2) is 15.0 Å². The number of hydrogen-bond donors (Lipinski definition) is 2. The van der Waals surface area contributed by atoms with Crippen LogP contribution in [0.1, 0.15) is 29.8 Å². The van der Waals surface area contributed by atoms with Gasteiger partial charge in [-0.15, -0.1) is 0 Å². The summed E-state index contributed by atoms with van der Waals surface area (Å²) in [5.41, 5.74) is 1.32. The normalized spacial score (nSPS) is 19.4. The van der Waals surface area contributed by atoms with Crippen LogP contribution in [0.4, 0.5) is 5.82 Å². The molecule has 5 rings (SSSR count). The molecule has 0 bridgehead atoms. The summed E-state index contributed by atoms with van der Waals surface area (Å²) in [5, 5.41) is 1.03. The predicted octanol–water partition coefficient (Wildman–Crippen LogP) is 1.57. The molecule has 0 radical (unpaired) electrons. The third-order valence-corrected chi connectivity index (χ3v) is 5.30. The number of nitrogens with zero attached hydrogens (tertiary/aromatic N) is 5. The Balaban J connectivity index is 1.47. The summed E-state index contributed by atoms with van der Waals surface area (Å²) in [6.45, 7) is 2.45. The molecular weight excluding hydrogens is 318 g/mol. The van der Waals surface area contributed by atoms with Crippen LogP contribution in [0.2, 0.25) is 0 Å². The highest BCUT2D eigenvalue weighted by atomic mass is 16.2. The van der Waals surface area contributed by atoms with Gasteiger partial charge in [0.2, 0.25) is 0 Å². The number of hydrogen-bond acceptors (Lipinski definition) is 5. The van der Waals surface area contributed by atoms with E-state index in [2.05, 4.69) is 29.8 Å². The minimum absolute atomic E-state index is 0.0475. The van der Waals surface area contributed by atoms with Gasteiger partial charge in [0, 0.05) is 25.8 Å². The van der Waals surface area contributed by atoms with Crippen LogP contribution in [-0.2, 0) is 0 Å². The number of imidazole rings is 1. The predicted molar refractivity (Wildman–Crippen MR) is 92.3 cm³/mol. The van der Waals surface area contributed by atoms with Crippen molar-refractivity contribution >= 4 is 22.8 Å². The highest BCUT2D eigenvalue weighted by Crippen LogP contribution is 2.45. The number of amides is 1. The SMILES string of the molecule is O=C(c1cnc[nH]1)N1CCCN(c2ncnc3[nH]ccc23)CC12CC2. The number of carbonyl (C=O) groups excluding carboxylic acids is 1. The number of rotatable bonds is 2. The molecule has 0 unspecified atom stereocenters. The van der Waals surface area contributed by atoms with Crippen molar-refractivity contribution < 1.29 is 4.79 Å². The van der Waals surface area contributed by atoms with Gasteiger partial charge in [-0.1, -0.05) is 0 Å². The lowest BCUT2D eigenvalue weighted by Crippen LogP contribution is -2.47. The van der Waals surface area contributed by atoms with Crippen molar-refractivity contribution in [3.05, 3.63) is 36.8 Å².